The predicted molar refractivity (Wildman–Crippen MR) is 105 cm³/mol. The molecule has 0 atom stereocenters. The third-order valence-corrected chi connectivity index (χ3v) is 3.65. The van der Waals surface area contributed by atoms with E-state index >= 15 is 0 Å². The molecule has 27 heavy (non-hydrogen) atoms. The summed E-state index contributed by atoms with van der Waals surface area (Å²) in [4.78, 5) is 11.8. The summed E-state index contributed by atoms with van der Waals surface area (Å²) >= 11 is 0. The average molecular weight is 358 g/mol. The van der Waals surface area contributed by atoms with E-state index in [0.29, 0.717) is 11.3 Å². The molecule has 0 saturated carbocycles. The van der Waals surface area contributed by atoms with Crippen molar-refractivity contribution in [2.45, 2.75) is 6.42 Å². The predicted octanol–water partition coefficient (Wildman–Crippen LogP) is 4.50. The van der Waals surface area contributed by atoms with Crippen molar-refractivity contribution < 1.29 is 9.90 Å². The van der Waals surface area contributed by atoms with Crippen LogP contribution in [0.4, 0.5) is 11.4 Å². The second kappa shape index (κ2) is 9.05. The SMILES string of the molecule is O=C(Cc1ccccc1)NN=Cc1ccc(N=Nc2ccccc2)cc1O. The van der Waals surface area contributed by atoms with Gasteiger partial charge in [0, 0.05) is 11.6 Å². The number of nitrogens with one attached hydrogen (secondary N) is 1. The van der Waals surface area contributed by atoms with Gasteiger partial charge in [-0.15, -0.1) is 0 Å². The average Bonchev–Trinajstić information content (AvgIpc) is 2.69. The number of hydrazone groups is 1. The molecule has 0 aromatic heterocycles. The van der Waals surface area contributed by atoms with E-state index in [9.17, 15) is 9.90 Å². The van der Waals surface area contributed by atoms with Gasteiger partial charge in [0.25, 0.3) is 0 Å². The van der Waals surface area contributed by atoms with Crippen molar-refractivity contribution in [2.24, 2.45) is 15.3 Å². The van der Waals surface area contributed by atoms with Crippen LogP contribution in [0.3, 0.4) is 0 Å². The third kappa shape index (κ3) is 5.61. The van der Waals surface area contributed by atoms with E-state index in [0.717, 1.165) is 11.3 Å². The van der Waals surface area contributed by atoms with Crippen molar-refractivity contribution in [3.63, 3.8) is 0 Å². The van der Waals surface area contributed by atoms with E-state index in [1.165, 1.54) is 12.3 Å². The van der Waals surface area contributed by atoms with E-state index in [2.05, 4.69) is 20.8 Å². The maximum Gasteiger partial charge on any atom is 0.244 e. The number of rotatable bonds is 6. The number of phenols is 1. The molecule has 0 saturated heterocycles. The summed E-state index contributed by atoms with van der Waals surface area (Å²) in [6.07, 6.45) is 1.62. The highest BCUT2D eigenvalue weighted by atomic mass is 16.3. The highest BCUT2D eigenvalue weighted by molar-refractivity contribution is 5.86. The first kappa shape index (κ1) is 18.0. The first-order chi connectivity index (χ1) is 13.2. The lowest BCUT2D eigenvalue weighted by molar-refractivity contribution is -0.120. The van der Waals surface area contributed by atoms with Crippen molar-refractivity contribution in [2.75, 3.05) is 0 Å². The largest absolute Gasteiger partial charge is 0.507 e. The molecule has 134 valence electrons. The van der Waals surface area contributed by atoms with E-state index in [1.807, 2.05) is 60.7 Å². The van der Waals surface area contributed by atoms with Crippen molar-refractivity contribution in [1.82, 2.24) is 5.43 Å². The molecule has 0 radical (unpaired) electrons. The Labute approximate surface area is 156 Å². The minimum absolute atomic E-state index is 0.000528. The summed E-state index contributed by atoms with van der Waals surface area (Å²) in [5, 5.41) is 22.1. The quantitative estimate of drug-likeness (QED) is 0.386. The van der Waals surface area contributed by atoms with Gasteiger partial charge in [0.05, 0.1) is 24.0 Å². The molecular weight excluding hydrogens is 340 g/mol. The highest BCUT2D eigenvalue weighted by Crippen LogP contribution is 2.24. The Kier molecular flexibility index (Phi) is 6.04. The summed E-state index contributed by atoms with van der Waals surface area (Å²) in [5.74, 6) is -0.231. The van der Waals surface area contributed by atoms with Gasteiger partial charge in [-0.1, -0.05) is 48.5 Å². The van der Waals surface area contributed by atoms with Gasteiger partial charge in [0.2, 0.25) is 5.91 Å². The lowest BCUT2D eigenvalue weighted by Gasteiger charge is -2.01. The molecule has 0 unspecified atom stereocenters. The molecule has 0 spiro atoms. The topological polar surface area (TPSA) is 86.4 Å². The molecule has 0 heterocycles. The van der Waals surface area contributed by atoms with Gasteiger partial charge in [-0.05, 0) is 29.8 Å². The van der Waals surface area contributed by atoms with Gasteiger partial charge in [-0.25, -0.2) is 5.43 Å². The van der Waals surface area contributed by atoms with Gasteiger partial charge in [-0.3, -0.25) is 4.79 Å². The second-order valence-corrected chi connectivity index (χ2v) is 5.73. The zero-order valence-electron chi connectivity index (χ0n) is 14.5. The molecule has 0 fully saturated rings. The maximum atomic E-state index is 11.8. The summed E-state index contributed by atoms with van der Waals surface area (Å²) in [6, 6.07) is 23.6. The van der Waals surface area contributed by atoms with Crippen LogP contribution in [0, 0.1) is 0 Å². The van der Waals surface area contributed by atoms with Crippen LogP contribution in [0.15, 0.2) is 94.2 Å². The molecule has 6 nitrogen and oxygen atoms in total. The van der Waals surface area contributed by atoms with Gasteiger partial charge in [-0.2, -0.15) is 15.3 Å². The number of phenolic OH excluding ortho intramolecular Hbond substituents is 1. The minimum Gasteiger partial charge on any atom is -0.507 e. The zero-order chi connectivity index (χ0) is 18.9. The fourth-order valence-corrected chi connectivity index (χ4v) is 2.31. The molecule has 6 heteroatoms. The molecule has 3 aromatic rings. The first-order valence-electron chi connectivity index (χ1n) is 8.36. The Morgan fingerprint density at radius 1 is 0.889 bits per heavy atom. The van der Waals surface area contributed by atoms with Crippen molar-refractivity contribution in [1.29, 1.82) is 0 Å². The fourth-order valence-electron chi connectivity index (χ4n) is 2.31. The van der Waals surface area contributed by atoms with Gasteiger partial charge >= 0.3 is 0 Å². The first-order valence-corrected chi connectivity index (χ1v) is 8.36. The lowest BCUT2D eigenvalue weighted by atomic mass is 10.1. The van der Waals surface area contributed by atoms with Crippen LogP contribution >= 0.6 is 0 Å². The Balaban J connectivity index is 1.58. The normalized spacial score (nSPS) is 11.1. The number of amides is 1. The van der Waals surface area contributed by atoms with Crippen LogP contribution in [0.5, 0.6) is 5.75 Å². The lowest BCUT2D eigenvalue weighted by Crippen LogP contribution is -2.19. The Morgan fingerprint density at radius 3 is 2.26 bits per heavy atom. The Bertz CT molecular complexity index is 954. The number of aromatic hydroxyl groups is 1. The zero-order valence-corrected chi connectivity index (χ0v) is 14.5. The van der Waals surface area contributed by atoms with Gasteiger partial charge < -0.3 is 5.11 Å². The van der Waals surface area contributed by atoms with Crippen molar-refractivity contribution in [3.05, 3.63) is 90.0 Å². The number of azo groups is 1. The maximum absolute atomic E-state index is 11.8. The monoisotopic (exact) mass is 358 g/mol. The van der Waals surface area contributed by atoms with Crippen LogP contribution in [0.25, 0.3) is 0 Å². The van der Waals surface area contributed by atoms with Gasteiger partial charge in [0.1, 0.15) is 5.75 Å². The number of carbonyl (C=O) groups is 1. The van der Waals surface area contributed by atoms with E-state index in [4.69, 9.17) is 0 Å². The Morgan fingerprint density at radius 2 is 1.56 bits per heavy atom. The molecule has 3 rings (SSSR count). The van der Waals surface area contributed by atoms with Crippen LogP contribution < -0.4 is 5.43 Å². The van der Waals surface area contributed by atoms with E-state index < -0.39 is 0 Å². The van der Waals surface area contributed by atoms with Crippen molar-refractivity contribution in [3.8, 4) is 5.75 Å². The number of nitrogens with zero attached hydrogens (tertiary/aromatic N) is 3. The molecular formula is C21H18N4O2. The van der Waals surface area contributed by atoms with Crippen LogP contribution in [-0.4, -0.2) is 17.2 Å². The van der Waals surface area contributed by atoms with E-state index in [-0.39, 0.29) is 18.1 Å². The van der Waals surface area contributed by atoms with Gasteiger partial charge in [0.15, 0.2) is 0 Å². The molecule has 0 aliphatic heterocycles. The number of hydrogen-bond donors (Lipinski definition) is 2. The minimum atomic E-state index is -0.231. The number of carbonyl (C=O) groups excluding carboxylic acids is 1. The molecule has 3 aromatic carbocycles. The smallest absolute Gasteiger partial charge is 0.244 e. The second-order valence-electron chi connectivity index (χ2n) is 5.73. The number of hydrogen-bond acceptors (Lipinski definition) is 5. The van der Waals surface area contributed by atoms with Crippen LogP contribution in [0.2, 0.25) is 0 Å². The van der Waals surface area contributed by atoms with Crippen LogP contribution in [0.1, 0.15) is 11.1 Å². The molecule has 2 N–H and O–H groups in total. The van der Waals surface area contributed by atoms with Crippen LogP contribution in [-0.2, 0) is 11.2 Å². The Hall–Kier alpha value is -3.80. The number of benzene rings is 3. The molecule has 0 bridgehead atoms. The fraction of sp³-hybridized carbons (Fsp3) is 0.0476. The summed E-state index contributed by atoms with van der Waals surface area (Å²) < 4.78 is 0. The summed E-state index contributed by atoms with van der Waals surface area (Å²) in [5.41, 5.74) is 5.06. The standard InChI is InChI=1S/C21H18N4O2/c26-20-14-19(24-23-18-9-5-2-6-10-18)12-11-17(20)15-22-25-21(27)13-16-7-3-1-4-8-16/h1-12,14-15,26H,13H2,(H,25,27). The van der Waals surface area contributed by atoms with Crippen molar-refractivity contribution >= 4 is 23.5 Å². The third-order valence-electron chi connectivity index (χ3n) is 3.65. The molecule has 0 aliphatic carbocycles. The molecule has 1 amide bonds. The molecule has 0 aliphatic rings. The highest BCUT2D eigenvalue weighted by Gasteiger charge is 2.03. The van der Waals surface area contributed by atoms with E-state index in [1.54, 1.807) is 12.1 Å². The summed E-state index contributed by atoms with van der Waals surface area (Å²) in [7, 11) is 0. The summed E-state index contributed by atoms with van der Waals surface area (Å²) in [6.45, 7) is 0.